The maximum Gasteiger partial charge on any atom is 0.224 e. The number of carbonyl (C=O) groups excluding carboxylic acids is 1. The molecule has 1 N–H and O–H groups in total. The summed E-state index contributed by atoms with van der Waals surface area (Å²) in [5.41, 5.74) is 1.22. The smallest absolute Gasteiger partial charge is 0.224 e. The zero-order valence-electron chi connectivity index (χ0n) is 14.8. The Morgan fingerprint density at radius 3 is 2.23 bits per heavy atom. The summed E-state index contributed by atoms with van der Waals surface area (Å²) >= 11 is 0. The molecular weight excluding hydrogens is 333 g/mol. The van der Waals surface area contributed by atoms with Crippen LogP contribution in [0.15, 0.2) is 73.5 Å². The van der Waals surface area contributed by atoms with Crippen molar-refractivity contribution >= 4 is 5.91 Å². The van der Waals surface area contributed by atoms with Gasteiger partial charge in [-0.25, -0.2) is 4.39 Å². The Morgan fingerprint density at radius 2 is 1.73 bits per heavy atom. The van der Waals surface area contributed by atoms with Gasteiger partial charge in [0.2, 0.25) is 5.91 Å². The molecule has 0 saturated carbocycles. The van der Waals surface area contributed by atoms with Crippen molar-refractivity contribution in [3.05, 3.63) is 90.4 Å². The third-order valence-electron chi connectivity index (χ3n) is 4.01. The Morgan fingerprint density at radius 1 is 1.15 bits per heavy atom. The second-order valence-corrected chi connectivity index (χ2v) is 5.72. The zero-order chi connectivity index (χ0) is 19.1. The Hall–Kier alpha value is -2.92. The number of rotatable bonds is 7. The molecule has 0 heterocycles. The lowest BCUT2D eigenvalue weighted by Gasteiger charge is -2.32. The molecule has 1 amide bonds. The molecule has 0 radical (unpaired) electrons. The molecule has 0 fully saturated rings. The largest absolute Gasteiger partial charge is 0.497 e. The van der Waals surface area contributed by atoms with Crippen LogP contribution in [-0.2, 0) is 4.79 Å². The van der Waals surface area contributed by atoms with Crippen LogP contribution in [0.1, 0.15) is 30.2 Å². The van der Waals surface area contributed by atoms with Crippen LogP contribution in [0, 0.1) is 5.82 Å². The van der Waals surface area contributed by atoms with Gasteiger partial charge in [-0.2, -0.15) is 0 Å². The van der Waals surface area contributed by atoms with Crippen LogP contribution in [0.2, 0.25) is 0 Å². The van der Waals surface area contributed by atoms with Crippen molar-refractivity contribution in [3.8, 4) is 5.75 Å². The van der Waals surface area contributed by atoms with Crippen LogP contribution < -0.4 is 4.74 Å². The number of aliphatic hydroxyl groups is 1. The fraction of sp³-hybridized carbons (Fsp3) is 0.190. The quantitative estimate of drug-likeness (QED) is 0.759. The number of hydrogen-bond acceptors (Lipinski definition) is 3. The summed E-state index contributed by atoms with van der Waals surface area (Å²) in [4.78, 5) is 13.6. The summed E-state index contributed by atoms with van der Waals surface area (Å²) in [6, 6.07) is 11.9. The van der Waals surface area contributed by atoms with Crippen LogP contribution >= 0.6 is 0 Å². The number of allylic oxidation sites excluding steroid dienone is 2. The van der Waals surface area contributed by atoms with Gasteiger partial charge >= 0.3 is 0 Å². The first-order chi connectivity index (χ1) is 12.5. The van der Waals surface area contributed by atoms with Crippen LogP contribution in [0.5, 0.6) is 5.75 Å². The molecule has 2 aromatic carbocycles. The molecule has 136 valence electrons. The van der Waals surface area contributed by atoms with Crippen molar-refractivity contribution in [2.24, 2.45) is 0 Å². The van der Waals surface area contributed by atoms with Gasteiger partial charge < -0.3 is 14.7 Å². The normalized spacial score (nSPS) is 13.2. The second kappa shape index (κ2) is 8.97. The summed E-state index contributed by atoms with van der Waals surface area (Å²) in [5.74, 6) is 0.0155. The Kier molecular flexibility index (Phi) is 6.69. The van der Waals surface area contributed by atoms with Crippen molar-refractivity contribution in [1.82, 2.24) is 4.90 Å². The number of carbonyl (C=O) groups is 1. The predicted molar refractivity (Wildman–Crippen MR) is 99.0 cm³/mol. The molecule has 2 atom stereocenters. The monoisotopic (exact) mass is 355 g/mol. The number of hydrogen-bond donors (Lipinski definition) is 1. The van der Waals surface area contributed by atoms with E-state index in [9.17, 15) is 14.3 Å². The highest BCUT2D eigenvalue weighted by atomic mass is 19.1. The molecule has 0 aromatic heterocycles. The molecule has 2 aromatic rings. The topological polar surface area (TPSA) is 49.8 Å². The van der Waals surface area contributed by atoms with Crippen molar-refractivity contribution in [2.75, 3.05) is 7.11 Å². The molecule has 2 rings (SSSR count). The Labute approximate surface area is 152 Å². The van der Waals surface area contributed by atoms with Gasteiger partial charge in [0.15, 0.2) is 0 Å². The first kappa shape index (κ1) is 19.4. The molecule has 2 unspecified atom stereocenters. The summed E-state index contributed by atoms with van der Waals surface area (Å²) in [6.07, 6.45) is 3.68. The number of methoxy groups -OCH3 is 1. The van der Waals surface area contributed by atoms with Crippen LogP contribution in [-0.4, -0.2) is 23.0 Å². The minimum atomic E-state index is -1.02. The maximum absolute atomic E-state index is 13.3. The molecule has 0 aliphatic carbocycles. The summed E-state index contributed by atoms with van der Waals surface area (Å²) in [7, 11) is 1.56. The second-order valence-electron chi connectivity index (χ2n) is 5.72. The van der Waals surface area contributed by atoms with Gasteiger partial charge in [-0.1, -0.05) is 36.9 Å². The van der Waals surface area contributed by atoms with Gasteiger partial charge in [0.05, 0.1) is 13.2 Å². The zero-order valence-corrected chi connectivity index (χ0v) is 14.8. The minimum Gasteiger partial charge on any atom is -0.497 e. The van der Waals surface area contributed by atoms with Crippen molar-refractivity contribution in [3.63, 3.8) is 0 Å². The molecule has 5 heteroatoms. The standard InChI is InChI=1S/C21H22FNO3/c1-4-5-14-23(15(2)24)20(16-6-10-18(22)11-7-16)21(25)17-8-12-19(26-3)13-9-17/h4-14,20-21,25H,1H2,2-3H3/b14-5-. The molecular formula is C21H22FNO3. The number of benzene rings is 2. The summed E-state index contributed by atoms with van der Waals surface area (Å²) < 4.78 is 18.5. The number of amides is 1. The Balaban J connectivity index is 2.49. The predicted octanol–water partition coefficient (Wildman–Crippen LogP) is 4.16. The van der Waals surface area contributed by atoms with E-state index in [-0.39, 0.29) is 11.7 Å². The maximum atomic E-state index is 13.3. The molecule has 0 bridgehead atoms. The fourth-order valence-corrected chi connectivity index (χ4v) is 2.69. The van der Waals surface area contributed by atoms with E-state index in [1.807, 2.05) is 0 Å². The van der Waals surface area contributed by atoms with E-state index < -0.39 is 12.1 Å². The van der Waals surface area contributed by atoms with E-state index in [1.54, 1.807) is 55.8 Å². The molecule has 26 heavy (non-hydrogen) atoms. The summed E-state index contributed by atoms with van der Waals surface area (Å²) in [5, 5.41) is 11.0. The molecule has 0 saturated heterocycles. The van der Waals surface area contributed by atoms with Gasteiger partial charge in [-0.15, -0.1) is 0 Å². The minimum absolute atomic E-state index is 0.259. The first-order valence-electron chi connectivity index (χ1n) is 8.13. The van der Waals surface area contributed by atoms with Crippen molar-refractivity contribution < 1.29 is 19.0 Å². The van der Waals surface area contributed by atoms with Crippen LogP contribution in [0.25, 0.3) is 0 Å². The molecule has 4 nitrogen and oxygen atoms in total. The third-order valence-corrected chi connectivity index (χ3v) is 4.01. The molecule has 0 spiro atoms. The lowest BCUT2D eigenvalue weighted by molar-refractivity contribution is -0.130. The SMILES string of the molecule is C=C/C=C\N(C(C)=O)C(c1ccc(F)cc1)C(O)c1ccc(OC)cc1. The number of ether oxygens (including phenoxy) is 1. The average Bonchev–Trinajstić information content (AvgIpc) is 2.65. The number of halogens is 1. The fourth-order valence-electron chi connectivity index (χ4n) is 2.69. The summed E-state index contributed by atoms with van der Waals surface area (Å²) in [6.45, 7) is 5.01. The van der Waals surface area contributed by atoms with Gasteiger partial charge in [0.1, 0.15) is 17.7 Å². The van der Waals surface area contributed by atoms with E-state index in [4.69, 9.17) is 4.74 Å². The Bertz CT molecular complexity index is 769. The number of nitrogens with zero attached hydrogens (tertiary/aromatic N) is 1. The third kappa shape index (κ3) is 4.58. The van der Waals surface area contributed by atoms with Crippen molar-refractivity contribution in [1.29, 1.82) is 0 Å². The van der Waals surface area contributed by atoms with E-state index in [0.717, 1.165) is 0 Å². The van der Waals surface area contributed by atoms with E-state index >= 15 is 0 Å². The molecule has 0 aliphatic rings. The number of aliphatic hydroxyl groups excluding tert-OH is 1. The van der Waals surface area contributed by atoms with Crippen molar-refractivity contribution in [2.45, 2.75) is 19.1 Å². The molecule has 0 aliphatic heterocycles. The highest BCUT2D eigenvalue weighted by Crippen LogP contribution is 2.35. The first-order valence-corrected chi connectivity index (χ1v) is 8.13. The van der Waals surface area contributed by atoms with Gasteiger partial charge in [-0.05, 0) is 41.5 Å². The van der Waals surface area contributed by atoms with E-state index in [0.29, 0.717) is 16.9 Å². The lowest BCUT2D eigenvalue weighted by Crippen LogP contribution is -2.32. The van der Waals surface area contributed by atoms with Gasteiger partial charge in [0.25, 0.3) is 0 Å². The van der Waals surface area contributed by atoms with E-state index in [2.05, 4.69) is 6.58 Å². The van der Waals surface area contributed by atoms with Crippen LogP contribution in [0.4, 0.5) is 4.39 Å². The van der Waals surface area contributed by atoms with E-state index in [1.165, 1.54) is 30.0 Å². The average molecular weight is 355 g/mol. The van der Waals surface area contributed by atoms with Gasteiger partial charge in [-0.3, -0.25) is 4.79 Å². The van der Waals surface area contributed by atoms with Crippen LogP contribution in [0.3, 0.4) is 0 Å². The highest BCUT2D eigenvalue weighted by Gasteiger charge is 2.29. The highest BCUT2D eigenvalue weighted by molar-refractivity contribution is 5.75. The lowest BCUT2D eigenvalue weighted by atomic mass is 9.94. The van der Waals surface area contributed by atoms with Gasteiger partial charge in [0, 0.05) is 13.1 Å².